The number of urea groups is 1. The van der Waals surface area contributed by atoms with Gasteiger partial charge >= 0.3 is 6.03 Å². The van der Waals surface area contributed by atoms with Gasteiger partial charge in [0.05, 0.1) is 5.75 Å². The van der Waals surface area contributed by atoms with E-state index in [1.807, 2.05) is 0 Å². The predicted octanol–water partition coefficient (Wildman–Crippen LogP) is 1.61. The van der Waals surface area contributed by atoms with Gasteiger partial charge in [0.25, 0.3) is 0 Å². The number of rotatable bonds is 6. The van der Waals surface area contributed by atoms with E-state index in [-0.39, 0.29) is 11.7 Å². The summed E-state index contributed by atoms with van der Waals surface area (Å²) in [6.07, 6.45) is 9.22. The molecule has 114 valence electrons. The van der Waals surface area contributed by atoms with Crippen LogP contribution in [0.5, 0.6) is 0 Å². The summed E-state index contributed by atoms with van der Waals surface area (Å²) in [5, 5.41) is 11.8. The molecule has 21 heavy (non-hydrogen) atoms. The van der Waals surface area contributed by atoms with Crippen molar-refractivity contribution < 1.29 is 9.59 Å². The molecule has 7 nitrogen and oxygen atoms in total. The normalized spacial score (nSPS) is 14.4. The molecule has 0 bridgehead atoms. The van der Waals surface area contributed by atoms with Gasteiger partial charge in [-0.05, 0) is 32.1 Å². The SMILES string of the molecule is O=C(CSc1ncn[nH]1)NC(=O)NCCC1=CCCCC1. The zero-order chi connectivity index (χ0) is 14.9. The molecule has 1 heterocycles. The molecule has 1 aromatic rings. The Hall–Kier alpha value is -1.83. The van der Waals surface area contributed by atoms with Crippen molar-refractivity contribution in [3.8, 4) is 0 Å². The van der Waals surface area contributed by atoms with Crippen LogP contribution in [0, 0.1) is 0 Å². The number of H-pyrrole nitrogens is 1. The number of imide groups is 1. The molecule has 0 spiro atoms. The van der Waals surface area contributed by atoms with E-state index in [1.54, 1.807) is 0 Å². The third-order valence-corrected chi connectivity index (χ3v) is 3.98. The topological polar surface area (TPSA) is 99.8 Å². The average molecular weight is 309 g/mol. The highest BCUT2D eigenvalue weighted by Crippen LogP contribution is 2.19. The Bertz CT molecular complexity index is 501. The van der Waals surface area contributed by atoms with Crippen molar-refractivity contribution in [2.75, 3.05) is 12.3 Å². The van der Waals surface area contributed by atoms with Crippen LogP contribution in [0.25, 0.3) is 0 Å². The highest BCUT2D eigenvalue weighted by atomic mass is 32.2. The van der Waals surface area contributed by atoms with Gasteiger partial charge in [-0.1, -0.05) is 23.4 Å². The van der Waals surface area contributed by atoms with Gasteiger partial charge in [0, 0.05) is 6.54 Å². The number of thioether (sulfide) groups is 1. The summed E-state index contributed by atoms with van der Waals surface area (Å²) in [5.41, 5.74) is 1.40. The Morgan fingerprint density at radius 2 is 2.29 bits per heavy atom. The van der Waals surface area contributed by atoms with Crippen LogP contribution in [0.3, 0.4) is 0 Å². The van der Waals surface area contributed by atoms with Crippen molar-refractivity contribution in [1.82, 2.24) is 25.8 Å². The molecule has 8 heteroatoms. The fourth-order valence-electron chi connectivity index (χ4n) is 2.07. The van der Waals surface area contributed by atoms with Crippen LogP contribution in [0.4, 0.5) is 4.79 Å². The van der Waals surface area contributed by atoms with Crippen LogP contribution in [-0.2, 0) is 4.79 Å². The van der Waals surface area contributed by atoms with Crippen LogP contribution >= 0.6 is 11.8 Å². The van der Waals surface area contributed by atoms with Crippen LogP contribution in [0.2, 0.25) is 0 Å². The first kappa shape index (κ1) is 15.6. The average Bonchev–Trinajstić information content (AvgIpc) is 2.99. The van der Waals surface area contributed by atoms with E-state index < -0.39 is 6.03 Å². The molecule has 0 aromatic carbocycles. The molecule has 0 aliphatic heterocycles. The Balaban J connectivity index is 1.58. The number of carbonyl (C=O) groups is 2. The number of hydrogen-bond acceptors (Lipinski definition) is 5. The fraction of sp³-hybridized carbons (Fsp3) is 0.538. The van der Waals surface area contributed by atoms with E-state index in [0.29, 0.717) is 11.7 Å². The van der Waals surface area contributed by atoms with E-state index >= 15 is 0 Å². The minimum Gasteiger partial charge on any atom is -0.337 e. The summed E-state index contributed by atoms with van der Waals surface area (Å²) in [6, 6.07) is -0.449. The van der Waals surface area contributed by atoms with Crippen LogP contribution in [-0.4, -0.2) is 39.4 Å². The molecular formula is C13H19N5O2S. The molecule has 0 saturated heterocycles. The molecule has 0 radical (unpaired) electrons. The lowest BCUT2D eigenvalue weighted by Gasteiger charge is -2.13. The Morgan fingerprint density at radius 1 is 1.38 bits per heavy atom. The van der Waals surface area contributed by atoms with Crippen LogP contribution in [0.15, 0.2) is 23.1 Å². The van der Waals surface area contributed by atoms with E-state index in [1.165, 1.54) is 36.5 Å². The second kappa shape index (κ2) is 8.46. The van der Waals surface area contributed by atoms with Gasteiger partial charge in [-0.2, -0.15) is 5.10 Å². The second-order valence-corrected chi connectivity index (χ2v) is 5.71. The third-order valence-electron chi connectivity index (χ3n) is 3.10. The molecular weight excluding hydrogens is 290 g/mol. The second-order valence-electron chi connectivity index (χ2n) is 4.74. The van der Waals surface area contributed by atoms with E-state index in [9.17, 15) is 9.59 Å². The molecule has 0 unspecified atom stereocenters. The van der Waals surface area contributed by atoms with Gasteiger partial charge in [0.1, 0.15) is 6.33 Å². The molecule has 0 saturated carbocycles. The van der Waals surface area contributed by atoms with Gasteiger partial charge in [0.15, 0.2) is 5.16 Å². The maximum atomic E-state index is 11.5. The van der Waals surface area contributed by atoms with Gasteiger partial charge in [-0.3, -0.25) is 15.2 Å². The lowest BCUT2D eigenvalue weighted by atomic mass is 9.97. The van der Waals surface area contributed by atoms with Crippen molar-refractivity contribution in [2.45, 2.75) is 37.3 Å². The monoisotopic (exact) mass is 309 g/mol. The highest BCUT2D eigenvalue weighted by Gasteiger charge is 2.09. The minimum atomic E-state index is -0.449. The van der Waals surface area contributed by atoms with Crippen LogP contribution < -0.4 is 10.6 Å². The summed E-state index contributed by atoms with van der Waals surface area (Å²) in [5.74, 6) is -0.237. The first-order chi connectivity index (χ1) is 10.2. The number of nitrogens with one attached hydrogen (secondary N) is 3. The van der Waals surface area contributed by atoms with Gasteiger partial charge in [-0.15, -0.1) is 0 Å². The van der Waals surface area contributed by atoms with E-state index in [4.69, 9.17) is 0 Å². The first-order valence-electron chi connectivity index (χ1n) is 6.98. The van der Waals surface area contributed by atoms with E-state index in [0.717, 1.165) is 19.3 Å². The summed E-state index contributed by atoms with van der Waals surface area (Å²) in [7, 11) is 0. The largest absolute Gasteiger partial charge is 0.337 e. The quantitative estimate of drug-likeness (QED) is 0.547. The molecule has 1 aliphatic rings. The molecule has 2 rings (SSSR count). The van der Waals surface area contributed by atoms with E-state index in [2.05, 4.69) is 31.9 Å². The standard InChI is InChI=1S/C13H19N5O2S/c19-11(8-21-13-15-9-16-18-13)17-12(20)14-7-6-10-4-2-1-3-5-10/h4,9H,1-3,5-8H2,(H,15,16,18)(H2,14,17,19,20). The number of aromatic nitrogens is 3. The van der Waals surface area contributed by atoms with Crippen molar-refractivity contribution in [3.05, 3.63) is 18.0 Å². The van der Waals surface area contributed by atoms with Crippen molar-refractivity contribution in [2.24, 2.45) is 0 Å². The third kappa shape index (κ3) is 5.99. The summed E-state index contributed by atoms with van der Waals surface area (Å²) in [4.78, 5) is 27.0. The van der Waals surface area contributed by atoms with Crippen molar-refractivity contribution >= 4 is 23.7 Å². The maximum Gasteiger partial charge on any atom is 0.321 e. The first-order valence-corrected chi connectivity index (χ1v) is 7.96. The van der Waals surface area contributed by atoms with Crippen molar-refractivity contribution in [3.63, 3.8) is 0 Å². The summed E-state index contributed by atoms with van der Waals surface area (Å²) in [6.45, 7) is 0.556. The number of hydrogen-bond donors (Lipinski definition) is 3. The highest BCUT2D eigenvalue weighted by molar-refractivity contribution is 7.99. The van der Waals surface area contributed by atoms with Gasteiger partial charge < -0.3 is 5.32 Å². The number of amides is 3. The summed E-state index contributed by atoms with van der Waals surface area (Å²) < 4.78 is 0. The lowest BCUT2D eigenvalue weighted by molar-refractivity contribution is -0.117. The van der Waals surface area contributed by atoms with Crippen molar-refractivity contribution in [1.29, 1.82) is 0 Å². The minimum absolute atomic E-state index is 0.119. The molecule has 0 fully saturated rings. The molecule has 0 atom stereocenters. The zero-order valence-corrected chi connectivity index (χ0v) is 12.5. The Labute approximate surface area is 127 Å². The van der Waals surface area contributed by atoms with Gasteiger partial charge in [-0.25, -0.2) is 9.78 Å². The summed E-state index contributed by atoms with van der Waals surface area (Å²) >= 11 is 1.19. The number of carbonyl (C=O) groups excluding carboxylic acids is 2. The Morgan fingerprint density at radius 3 is 3.00 bits per heavy atom. The Kier molecular flexibility index (Phi) is 6.26. The van der Waals surface area contributed by atoms with Crippen LogP contribution in [0.1, 0.15) is 32.1 Å². The maximum absolute atomic E-state index is 11.5. The fourth-order valence-corrected chi connectivity index (χ4v) is 2.65. The van der Waals surface area contributed by atoms with Gasteiger partial charge in [0.2, 0.25) is 5.91 Å². The predicted molar refractivity (Wildman–Crippen MR) is 79.8 cm³/mol. The molecule has 3 amide bonds. The lowest BCUT2D eigenvalue weighted by Crippen LogP contribution is -2.40. The number of allylic oxidation sites excluding steroid dienone is 1. The molecule has 3 N–H and O–H groups in total. The molecule has 1 aliphatic carbocycles. The smallest absolute Gasteiger partial charge is 0.321 e. The zero-order valence-electron chi connectivity index (χ0n) is 11.7. The number of nitrogens with zero attached hydrogens (tertiary/aromatic N) is 2. The molecule has 1 aromatic heterocycles. The number of aromatic amines is 1.